The van der Waals surface area contributed by atoms with Gasteiger partial charge in [-0.15, -0.1) is 23.5 Å². The van der Waals surface area contributed by atoms with Crippen LogP contribution in [0.4, 0.5) is 0 Å². The molecule has 7 heteroatoms. The van der Waals surface area contributed by atoms with Crippen LogP contribution < -0.4 is 0 Å². The van der Waals surface area contributed by atoms with E-state index >= 15 is 0 Å². The lowest BCUT2D eigenvalue weighted by atomic mass is 10.2. The highest BCUT2D eigenvalue weighted by Crippen LogP contribution is 2.56. The fourth-order valence-electron chi connectivity index (χ4n) is 5.90. The van der Waals surface area contributed by atoms with Crippen molar-refractivity contribution in [3.63, 3.8) is 0 Å². The number of likely N-dealkylation sites (N-methyl/N-ethyl adjacent to an activating group) is 1. The summed E-state index contributed by atoms with van der Waals surface area (Å²) in [6.07, 6.45) is 13.1. The van der Waals surface area contributed by atoms with Crippen LogP contribution in [-0.2, 0) is 0 Å². The van der Waals surface area contributed by atoms with Crippen molar-refractivity contribution in [2.24, 2.45) is 5.92 Å². The van der Waals surface area contributed by atoms with Crippen molar-refractivity contribution < 1.29 is 0 Å². The van der Waals surface area contributed by atoms with Crippen LogP contribution in [0, 0.1) is 5.92 Å². The molecule has 4 saturated heterocycles. The smallest absolute Gasteiger partial charge is 0.0450 e. The molecule has 2 aliphatic carbocycles. The molecule has 5 heterocycles. The van der Waals surface area contributed by atoms with E-state index in [0.717, 1.165) is 47.4 Å². The van der Waals surface area contributed by atoms with Gasteiger partial charge in [0.25, 0.3) is 0 Å². The second kappa shape index (κ2) is 14.9. The minimum absolute atomic E-state index is 0.667. The fraction of sp³-hybridized carbons (Fsp3) is 0.935. The summed E-state index contributed by atoms with van der Waals surface area (Å²) in [6.45, 7) is 13.9. The summed E-state index contributed by atoms with van der Waals surface area (Å²) in [5.74, 6) is 4.88. The van der Waals surface area contributed by atoms with Crippen LogP contribution in [0.25, 0.3) is 0 Å². The Balaban J connectivity index is 0.000000132. The van der Waals surface area contributed by atoms with Gasteiger partial charge >= 0.3 is 0 Å². The third-order valence-corrected chi connectivity index (χ3v) is 13.4. The first-order valence-corrected chi connectivity index (χ1v) is 17.5. The van der Waals surface area contributed by atoms with Gasteiger partial charge in [-0.05, 0) is 121 Å². The number of piperidine rings is 1. The van der Waals surface area contributed by atoms with Gasteiger partial charge in [0.15, 0.2) is 0 Å². The second-order valence-corrected chi connectivity index (χ2v) is 15.6. The van der Waals surface area contributed by atoms with E-state index in [1.54, 1.807) is 0 Å². The Hall–Kier alpha value is 0.240. The maximum absolute atomic E-state index is 2.52. The maximum Gasteiger partial charge on any atom is 0.0450 e. The summed E-state index contributed by atoms with van der Waals surface area (Å²) >= 11 is 4.17. The number of hydrogen-bond acceptors (Lipinski definition) is 7. The zero-order chi connectivity index (χ0) is 28.0. The van der Waals surface area contributed by atoms with Crippen LogP contribution in [-0.4, -0.2) is 131 Å². The van der Waals surface area contributed by atoms with E-state index in [2.05, 4.69) is 118 Å². The van der Waals surface area contributed by atoms with Gasteiger partial charge in [-0.1, -0.05) is 12.2 Å². The maximum atomic E-state index is 2.52. The van der Waals surface area contributed by atoms with Crippen LogP contribution in [0.1, 0.15) is 73.1 Å². The number of thioether (sulfide) groups is 2. The largest absolute Gasteiger partial charge is 0.304 e. The molecule has 7 aliphatic rings. The summed E-state index contributed by atoms with van der Waals surface area (Å²) in [4.78, 5) is 12.0. The van der Waals surface area contributed by atoms with Gasteiger partial charge in [0.2, 0.25) is 0 Å². The first kappa shape index (κ1) is 32.8. The minimum Gasteiger partial charge on any atom is -0.304 e. The molecule has 0 aromatic carbocycles. The first-order chi connectivity index (χ1) is 17.9. The standard InChI is InChI=1S/C7H13NS.C7H13N.C6H13N.C6H11N.C5H11NS/c1-6-7(3-4-7)9-5-8(6)2;1-5-3-6-4-7(6)8(5)2;2*1-6-4-3-5-7(6)2;1-5-3-7-4-6(5)2/h6H,3-5H2,1-2H3;5-7H,3-4H2,1-2H3;6H,3-5H2,1-2H3;3-4,6H,5H2,1-2H3;5H,3-4H2,1-2H3/t6-;5-,6-,7+;2*6-;5-/m11111/s1. The molecule has 0 aromatic heterocycles. The molecule has 38 heavy (non-hydrogen) atoms. The monoisotopic (exact) mass is 567 g/mol. The highest BCUT2D eigenvalue weighted by molar-refractivity contribution is 8.01. The minimum atomic E-state index is 0.667. The quantitative estimate of drug-likeness (QED) is 0.348. The molecule has 0 amide bonds. The van der Waals surface area contributed by atoms with Gasteiger partial charge in [-0.2, -0.15) is 0 Å². The normalized spacial score (nSPS) is 39.4. The van der Waals surface area contributed by atoms with Gasteiger partial charge in [-0.3, -0.25) is 14.7 Å². The topological polar surface area (TPSA) is 16.2 Å². The molecule has 5 aliphatic heterocycles. The molecule has 222 valence electrons. The Morgan fingerprint density at radius 3 is 1.66 bits per heavy atom. The molecule has 7 atom stereocenters. The van der Waals surface area contributed by atoms with E-state index in [-0.39, 0.29) is 0 Å². The van der Waals surface area contributed by atoms with Crippen molar-refractivity contribution >= 4 is 23.5 Å². The number of likely N-dealkylation sites (tertiary alicyclic amines) is 2. The second-order valence-electron chi connectivity index (χ2n) is 13.3. The van der Waals surface area contributed by atoms with Crippen molar-refractivity contribution in [1.82, 2.24) is 24.5 Å². The van der Waals surface area contributed by atoms with Crippen molar-refractivity contribution in [2.75, 3.05) is 65.8 Å². The first-order valence-electron chi connectivity index (χ1n) is 15.4. The summed E-state index contributed by atoms with van der Waals surface area (Å²) < 4.78 is 0.717. The van der Waals surface area contributed by atoms with Gasteiger partial charge in [-0.25, -0.2) is 0 Å². The van der Waals surface area contributed by atoms with Crippen molar-refractivity contribution in [1.29, 1.82) is 0 Å². The number of fused-ring (bicyclic) bond motifs is 1. The summed E-state index contributed by atoms with van der Waals surface area (Å²) in [5, 5.41) is 0. The van der Waals surface area contributed by atoms with E-state index in [9.17, 15) is 0 Å². The van der Waals surface area contributed by atoms with Crippen LogP contribution in [0.3, 0.4) is 0 Å². The molecule has 1 spiro atoms. The predicted molar refractivity (Wildman–Crippen MR) is 172 cm³/mol. The molecule has 0 aromatic rings. The Bertz CT molecular complexity index is 695. The van der Waals surface area contributed by atoms with Gasteiger partial charge in [0.05, 0.1) is 0 Å². The number of nitrogens with zero attached hydrogens (tertiary/aromatic N) is 5. The molecule has 5 nitrogen and oxygen atoms in total. The molecular weight excluding hydrogens is 507 g/mol. The predicted octanol–water partition coefficient (Wildman–Crippen LogP) is 5.63. The molecule has 0 bridgehead atoms. The Morgan fingerprint density at radius 1 is 0.763 bits per heavy atom. The Labute approximate surface area is 245 Å². The molecular formula is C31H61N5S2. The molecule has 2 saturated carbocycles. The average Bonchev–Trinajstić information content (AvgIpc) is 3.64. The number of hydrogen-bond donors (Lipinski definition) is 0. The van der Waals surface area contributed by atoms with E-state index < -0.39 is 0 Å². The van der Waals surface area contributed by atoms with E-state index in [0.29, 0.717) is 6.04 Å². The molecule has 0 N–H and O–H groups in total. The lowest BCUT2D eigenvalue weighted by molar-refractivity contribution is 0.286. The Kier molecular flexibility index (Phi) is 12.9. The molecule has 7 rings (SSSR count). The van der Waals surface area contributed by atoms with Crippen LogP contribution in [0.15, 0.2) is 12.2 Å². The van der Waals surface area contributed by atoms with Crippen molar-refractivity contribution in [3.05, 3.63) is 12.2 Å². The van der Waals surface area contributed by atoms with Gasteiger partial charge < -0.3 is 9.80 Å². The lowest BCUT2D eigenvalue weighted by Gasteiger charge is -2.17. The third-order valence-electron chi connectivity index (χ3n) is 10.3. The van der Waals surface area contributed by atoms with E-state index in [1.807, 2.05) is 11.8 Å². The van der Waals surface area contributed by atoms with E-state index in [1.165, 1.54) is 62.6 Å². The van der Waals surface area contributed by atoms with Crippen molar-refractivity contribution in [2.45, 2.75) is 114 Å². The van der Waals surface area contributed by atoms with Crippen LogP contribution >= 0.6 is 23.5 Å². The molecule has 0 unspecified atom stereocenters. The SMILES string of the molecule is C[C@@H]1C=CCN1C.C[C@@H]1CCCN1C.C[C@@H]1CSCN1C.C[C@@H]1C[C@@H]2C[C@@H]2N1C.C[C@H]1N(C)CSC12CC2. The Morgan fingerprint density at radius 2 is 1.47 bits per heavy atom. The molecule has 0 radical (unpaired) electrons. The van der Waals surface area contributed by atoms with E-state index in [4.69, 9.17) is 0 Å². The molecule has 6 fully saturated rings. The van der Waals surface area contributed by atoms with Crippen molar-refractivity contribution in [3.8, 4) is 0 Å². The highest BCUT2D eigenvalue weighted by atomic mass is 32.2. The highest BCUT2D eigenvalue weighted by Gasteiger charge is 2.53. The zero-order valence-electron chi connectivity index (χ0n) is 26.5. The third kappa shape index (κ3) is 9.39. The summed E-state index contributed by atoms with van der Waals surface area (Å²) in [7, 11) is 11.0. The average molecular weight is 568 g/mol. The summed E-state index contributed by atoms with van der Waals surface area (Å²) in [6, 6.07) is 5.02. The van der Waals surface area contributed by atoms with Gasteiger partial charge in [0.1, 0.15) is 0 Å². The fourth-order valence-corrected chi connectivity index (χ4v) is 8.64. The van der Waals surface area contributed by atoms with Crippen LogP contribution in [0.5, 0.6) is 0 Å². The van der Waals surface area contributed by atoms with Gasteiger partial charge in [0, 0.05) is 65.0 Å². The summed E-state index contributed by atoms with van der Waals surface area (Å²) in [5.41, 5.74) is 0. The lowest BCUT2D eigenvalue weighted by Crippen LogP contribution is -2.29. The van der Waals surface area contributed by atoms with Crippen LogP contribution in [0.2, 0.25) is 0 Å². The zero-order valence-corrected chi connectivity index (χ0v) is 28.2. The number of rotatable bonds is 0.